The second kappa shape index (κ2) is 4.82. The van der Waals surface area contributed by atoms with Gasteiger partial charge in [0.05, 0.1) is 0 Å². The Labute approximate surface area is 99.7 Å². The van der Waals surface area contributed by atoms with E-state index in [9.17, 15) is 4.39 Å². The van der Waals surface area contributed by atoms with Crippen LogP contribution < -0.4 is 10.6 Å². The molecule has 0 saturated carbocycles. The molecule has 0 aliphatic carbocycles. The third kappa shape index (κ3) is 2.72. The number of anilines is 3. The molecule has 0 atom stereocenters. The lowest BCUT2D eigenvalue weighted by Crippen LogP contribution is -1.97. The Balaban J connectivity index is 2.22. The van der Waals surface area contributed by atoms with Gasteiger partial charge < -0.3 is 10.6 Å². The second-order valence-electron chi connectivity index (χ2n) is 3.75. The van der Waals surface area contributed by atoms with Crippen molar-refractivity contribution in [3.63, 3.8) is 0 Å². The third-order valence-corrected chi connectivity index (χ3v) is 2.44. The lowest BCUT2D eigenvalue weighted by Gasteiger charge is -2.08. The topological polar surface area (TPSA) is 37.0 Å². The maximum Gasteiger partial charge on any atom is 0.132 e. The zero-order chi connectivity index (χ0) is 12.3. The summed E-state index contributed by atoms with van der Waals surface area (Å²) in [5.41, 5.74) is 1.43. The Morgan fingerprint density at radius 1 is 1.12 bits per heavy atom. The first-order valence-electron chi connectivity index (χ1n) is 5.37. The SMILES string of the molecule is CNc1cccc(Nc2ccc(F)c(C)c2)n1. The molecule has 1 aromatic carbocycles. The van der Waals surface area contributed by atoms with E-state index < -0.39 is 0 Å². The number of pyridine rings is 1. The van der Waals surface area contributed by atoms with Crippen LogP contribution in [-0.4, -0.2) is 12.0 Å². The van der Waals surface area contributed by atoms with E-state index in [1.54, 1.807) is 19.1 Å². The molecule has 88 valence electrons. The highest BCUT2D eigenvalue weighted by molar-refractivity contribution is 5.58. The number of aryl methyl sites for hydroxylation is 1. The number of rotatable bonds is 3. The summed E-state index contributed by atoms with van der Waals surface area (Å²) < 4.78 is 13.1. The zero-order valence-corrected chi connectivity index (χ0v) is 9.79. The summed E-state index contributed by atoms with van der Waals surface area (Å²) >= 11 is 0. The van der Waals surface area contributed by atoms with Gasteiger partial charge in [0.1, 0.15) is 17.5 Å². The molecule has 0 spiro atoms. The Bertz CT molecular complexity index is 526. The first-order valence-corrected chi connectivity index (χ1v) is 5.37. The number of nitrogens with one attached hydrogen (secondary N) is 2. The van der Waals surface area contributed by atoms with Gasteiger partial charge in [0.25, 0.3) is 0 Å². The Morgan fingerprint density at radius 2 is 1.88 bits per heavy atom. The molecule has 2 aromatic rings. The Hall–Kier alpha value is -2.10. The normalized spacial score (nSPS) is 10.1. The van der Waals surface area contributed by atoms with Crippen LogP contribution in [0.3, 0.4) is 0 Å². The van der Waals surface area contributed by atoms with Crippen LogP contribution in [0, 0.1) is 12.7 Å². The summed E-state index contributed by atoms with van der Waals surface area (Å²) in [6.45, 7) is 1.73. The minimum Gasteiger partial charge on any atom is -0.373 e. The van der Waals surface area contributed by atoms with Crippen molar-refractivity contribution in [2.24, 2.45) is 0 Å². The number of hydrogen-bond donors (Lipinski definition) is 2. The van der Waals surface area contributed by atoms with Crippen molar-refractivity contribution in [1.82, 2.24) is 4.98 Å². The van der Waals surface area contributed by atoms with Crippen molar-refractivity contribution >= 4 is 17.3 Å². The third-order valence-electron chi connectivity index (χ3n) is 2.44. The molecule has 4 heteroatoms. The van der Waals surface area contributed by atoms with Gasteiger partial charge in [0.15, 0.2) is 0 Å². The van der Waals surface area contributed by atoms with Crippen LogP contribution in [0.1, 0.15) is 5.56 Å². The summed E-state index contributed by atoms with van der Waals surface area (Å²) in [5.74, 6) is 1.31. The van der Waals surface area contributed by atoms with Gasteiger partial charge in [-0.25, -0.2) is 9.37 Å². The van der Waals surface area contributed by atoms with Gasteiger partial charge in [0, 0.05) is 12.7 Å². The smallest absolute Gasteiger partial charge is 0.132 e. The molecule has 0 aliphatic rings. The fraction of sp³-hybridized carbons (Fsp3) is 0.154. The molecule has 0 amide bonds. The van der Waals surface area contributed by atoms with Gasteiger partial charge in [-0.15, -0.1) is 0 Å². The van der Waals surface area contributed by atoms with Crippen LogP contribution in [0.25, 0.3) is 0 Å². The van der Waals surface area contributed by atoms with Gasteiger partial charge in [-0.05, 0) is 42.8 Å². The van der Waals surface area contributed by atoms with Crippen molar-refractivity contribution in [1.29, 1.82) is 0 Å². The molecule has 0 aliphatic heterocycles. The fourth-order valence-corrected chi connectivity index (χ4v) is 1.51. The highest BCUT2D eigenvalue weighted by Crippen LogP contribution is 2.18. The first-order chi connectivity index (χ1) is 8.19. The standard InChI is InChI=1S/C13H14FN3/c1-9-8-10(6-7-11(9)14)16-13-5-3-4-12(15-2)17-13/h3-8H,1-2H3,(H2,15,16,17). The monoisotopic (exact) mass is 231 g/mol. The summed E-state index contributed by atoms with van der Waals surface area (Å²) in [5, 5.41) is 6.09. The first kappa shape index (κ1) is 11.4. The average Bonchev–Trinajstić information content (AvgIpc) is 2.34. The average molecular weight is 231 g/mol. The van der Waals surface area contributed by atoms with Gasteiger partial charge in [-0.2, -0.15) is 0 Å². The van der Waals surface area contributed by atoms with Crippen molar-refractivity contribution in [3.8, 4) is 0 Å². The number of benzene rings is 1. The molecule has 3 nitrogen and oxygen atoms in total. The summed E-state index contributed by atoms with van der Waals surface area (Å²) in [6.07, 6.45) is 0. The van der Waals surface area contributed by atoms with Crippen LogP contribution in [0.4, 0.5) is 21.7 Å². The number of halogens is 1. The van der Waals surface area contributed by atoms with E-state index in [1.807, 2.05) is 25.2 Å². The van der Waals surface area contributed by atoms with Crippen LogP contribution in [0.15, 0.2) is 36.4 Å². The molecule has 0 fully saturated rings. The van der Waals surface area contributed by atoms with E-state index in [4.69, 9.17) is 0 Å². The van der Waals surface area contributed by atoms with Gasteiger partial charge in [-0.3, -0.25) is 0 Å². The molecule has 2 rings (SSSR count). The van der Waals surface area contributed by atoms with E-state index >= 15 is 0 Å². The summed E-state index contributed by atoms with van der Waals surface area (Å²) in [4.78, 5) is 4.32. The Kier molecular flexibility index (Phi) is 3.23. The highest BCUT2D eigenvalue weighted by Gasteiger charge is 2.00. The largest absolute Gasteiger partial charge is 0.373 e. The van der Waals surface area contributed by atoms with Crippen LogP contribution >= 0.6 is 0 Å². The van der Waals surface area contributed by atoms with Crippen molar-refractivity contribution in [3.05, 3.63) is 47.8 Å². The summed E-state index contributed by atoms with van der Waals surface area (Å²) in [7, 11) is 1.81. The molecular formula is C13H14FN3. The van der Waals surface area contributed by atoms with Gasteiger partial charge in [0.2, 0.25) is 0 Å². The molecule has 0 radical (unpaired) electrons. The second-order valence-corrected chi connectivity index (χ2v) is 3.75. The number of nitrogens with zero attached hydrogens (tertiary/aromatic N) is 1. The molecule has 0 unspecified atom stereocenters. The van der Waals surface area contributed by atoms with Crippen LogP contribution in [-0.2, 0) is 0 Å². The van der Waals surface area contributed by atoms with Crippen molar-refractivity contribution in [2.75, 3.05) is 17.7 Å². The van der Waals surface area contributed by atoms with E-state index in [-0.39, 0.29) is 5.82 Å². The lowest BCUT2D eigenvalue weighted by molar-refractivity contribution is 0.619. The maximum atomic E-state index is 13.1. The molecule has 2 N–H and O–H groups in total. The van der Waals surface area contributed by atoms with Gasteiger partial charge in [-0.1, -0.05) is 6.07 Å². The fourth-order valence-electron chi connectivity index (χ4n) is 1.51. The lowest BCUT2D eigenvalue weighted by atomic mass is 10.2. The van der Waals surface area contributed by atoms with E-state index in [0.717, 1.165) is 17.3 Å². The molecule has 17 heavy (non-hydrogen) atoms. The zero-order valence-electron chi connectivity index (χ0n) is 9.79. The predicted molar refractivity (Wildman–Crippen MR) is 68.2 cm³/mol. The molecule has 0 bridgehead atoms. The number of hydrogen-bond acceptors (Lipinski definition) is 3. The molecule has 1 aromatic heterocycles. The highest BCUT2D eigenvalue weighted by atomic mass is 19.1. The van der Waals surface area contributed by atoms with E-state index in [1.165, 1.54) is 6.07 Å². The summed E-state index contributed by atoms with van der Waals surface area (Å²) in [6, 6.07) is 10.5. The van der Waals surface area contributed by atoms with Crippen LogP contribution in [0.5, 0.6) is 0 Å². The molecule has 0 saturated heterocycles. The Morgan fingerprint density at radius 3 is 2.59 bits per heavy atom. The predicted octanol–water partition coefficient (Wildman–Crippen LogP) is 3.31. The van der Waals surface area contributed by atoms with Gasteiger partial charge >= 0.3 is 0 Å². The minimum absolute atomic E-state index is 0.201. The molecular weight excluding hydrogens is 217 g/mol. The van der Waals surface area contributed by atoms with Crippen molar-refractivity contribution in [2.45, 2.75) is 6.92 Å². The van der Waals surface area contributed by atoms with E-state index in [2.05, 4.69) is 15.6 Å². The quantitative estimate of drug-likeness (QED) is 0.850. The molecule has 1 heterocycles. The maximum absolute atomic E-state index is 13.1. The van der Waals surface area contributed by atoms with E-state index in [0.29, 0.717) is 5.56 Å². The van der Waals surface area contributed by atoms with Crippen molar-refractivity contribution < 1.29 is 4.39 Å². The van der Waals surface area contributed by atoms with Crippen LogP contribution in [0.2, 0.25) is 0 Å². The number of aromatic nitrogens is 1. The minimum atomic E-state index is -0.201.